The Morgan fingerprint density at radius 2 is 2.10 bits per heavy atom. The third kappa shape index (κ3) is 2.79. The van der Waals surface area contributed by atoms with Crippen molar-refractivity contribution in [2.24, 2.45) is 5.73 Å². The lowest BCUT2D eigenvalue weighted by atomic mass is 10.0. The van der Waals surface area contributed by atoms with Gasteiger partial charge in [0.2, 0.25) is 0 Å². The van der Waals surface area contributed by atoms with E-state index >= 15 is 0 Å². The van der Waals surface area contributed by atoms with Gasteiger partial charge in [-0.05, 0) is 29.7 Å². The fourth-order valence-electron chi connectivity index (χ4n) is 2.83. The summed E-state index contributed by atoms with van der Waals surface area (Å²) in [7, 11) is 0. The molecule has 2 aromatic rings. The molecule has 1 unspecified atom stereocenters. The molecular weight excluding hydrogens is 250 g/mol. The van der Waals surface area contributed by atoms with Gasteiger partial charge in [-0.25, -0.2) is 0 Å². The minimum absolute atomic E-state index is 0.372. The largest absolute Gasteiger partial charge is 0.493 e. The minimum atomic E-state index is 0.372. The molecule has 106 valence electrons. The summed E-state index contributed by atoms with van der Waals surface area (Å²) in [6, 6.07) is 12.4. The molecule has 1 saturated heterocycles. The summed E-state index contributed by atoms with van der Waals surface area (Å²) in [5.74, 6) is 0.907. The van der Waals surface area contributed by atoms with Crippen molar-refractivity contribution in [2.75, 3.05) is 13.2 Å². The second kappa shape index (κ2) is 6.25. The predicted molar refractivity (Wildman–Crippen MR) is 80.9 cm³/mol. The Kier molecular flexibility index (Phi) is 4.19. The maximum absolute atomic E-state index is 5.94. The van der Waals surface area contributed by atoms with Crippen molar-refractivity contribution in [3.8, 4) is 5.75 Å². The van der Waals surface area contributed by atoms with E-state index in [-0.39, 0.29) is 0 Å². The zero-order chi connectivity index (χ0) is 13.8. The number of fused-ring (bicyclic) bond motifs is 1. The molecule has 1 aliphatic rings. The third-order valence-corrected chi connectivity index (χ3v) is 3.92. The summed E-state index contributed by atoms with van der Waals surface area (Å²) in [6.45, 7) is 2.08. The van der Waals surface area contributed by atoms with Crippen LogP contribution in [0.15, 0.2) is 36.4 Å². The van der Waals surface area contributed by atoms with Gasteiger partial charge in [0, 0.05) is 25.1 Å². The Hall–Kier alpha value is -1.58. The molecule has 3 heteroatoms. The van der Waals surface area contributed by atoms with Gasteiger partial charge in [-0.1, -0.05) is 30.3 Å². The monoisotopic (exact) mass is 271 g/mol. The molecule has 0 amide bonds. The maximum atomic E-state index is 5.94. The first-order valence-corrected chi connectivity index (χ1v) is 7.33. The summed E-state index contributed by atoms with van der Waals surface area (Å²) in [6.07, 6.45) is 3.66. The number of benzene rings is 2. The lowest BCUT2D eigenvalue weighted by molar-refractivity contribution is 0.0902. The molecule has 2 N–H and O–H groups in total. The van der Waals surface area contributed by atoms with Gasteiger partial charge in [-0.15, -0.1) is 0 Å². The number of rotatable bonds is 5. The van der Waals surface area contributed by atoms with Gasteiger partial charge < -0.3 is 15.2 Å². The Bertz CT molecular complexity index is 576. The van der Waals surface area contributed by atoms with Gasteiger partial charge >= 0.3 is 0 Å². The van der Waals surface area contributed by atoms with E-state index in [9.17, 15) is 0 Å². The standard InChI is InChI=1S/C17H21NO2/c18-12-16-15-6-2-1-4-13(15)7-8-17(16)20-11-9-14-5-3-10-19-14/h1-2,4,6-8,14H,3,5,9-12,18H2. The van der Waals surface area contributed by atoms with E-state index in [2.05, 4.69) is 18.2 Å². The fraction of sp³-hybridized carbons (Fsp3) is 0.412. The second-order valence-corrected chi connectivity index (χ2v) is 5.24. The van der Waals surface area contributed by atoms with Crippen LogP contribution in [0.25, 0.3) is 10.8 Å². The lowest BCUT2D eigenvalue weighted by Gasteiger charge is -2.14. The summed E-state index contributed by atoms with van der Waals surface area (Å²) in [4.78, 5) is 0. The highest BCUT2D eigenvalue weighted by atomic mass is 16.5. The number of nitrogens with two attached hydrogens (primary N) is 1. The molecule has 1 heterocycles. The van der Waals surface area contributed by atoms with Crippen molar-refractivity contribution in [3.63, 3.8) is 0 Å². The van der Waals surface area contributed by atoms with Crippen molar-refractivity contribution >= 4 is 10.8 Å². The first-order chi connectivity index (χ1) is 9.88. The zero-order valence-corrected chi connectivity index (χ0v) is 11.7. The van der Waals surface area contributed by atoms with Crippen LogP contribution in [0.4, 0.5) is 0 Å². The summed E-state index contributed by atoms with van der Waals surface area (Å²) in [5, 5.41) is 2.39. The molecule has 0 aliphatic carbocycles. The first-order valence-electron chi connectivity index (χ1n) is 7.33. The molecule has 1 aliphatic heterocycles. The molecule has 0 spiro atoms. The van der Waals surface area contributed by atoms with Gasteiger partial charge in [-0.2, -0.15) is 0 Å². The van der Waals surface area contributed by atoms with Crippen LogP contribution in [0.3, 0.4) is 0 Å². The summed E-state index contributed by atoms with van der Waals surface area (Å²) in [5.41, 5.74) is 7.00. The van der Waals surface area contributed by atoms with Crippen LogP contribution in [0.5, 0.6) is 5.75 Å². The van der Waals surface area contributed by atoms with Crippen LogP contribution in [0, 0.1) is 0 Å². The first kappa shape index (κ1) is 13.4. The molecule has 0 bridgehead atoms. The van der Waals surface area contributed by atoms with Crippen LogP contribution in [-0.4, -0.2) is 19.3 Å². The molecule has 0 aromatic heterocycles. The molecule has 3 rings (SSSR count). The van der Waals surface area contributed by atoms with Crippen LogP contribution in [0.1, 0.15) is 24.8 Å². The third-order valence-electron chi connectivity index (χ3n) is 3.92. The second-order valence-electron chi connectivity index (χ2n) is 5.24. The quantitative estimate of drug-likeness (QED) is 0.908. The highest BCUT2D eigenvalue weighted by Gasteiger charge is 2.15. The Labute approximate surface area is 119 Å². The van der Waals surface area contributed by atoms with Gasteiger partial charge in [-0.3, -0.25) is 0 Å². The fourth-order valence-corrected chi connectivity index (χ4v) is 2.83. The highest BCUT2D eigenvalue weighted by molar-refractivity contribution is 5.87. The normalized spacial score (nSPS) is 18.6. The zero-order valence-electron chi connectivity index (χ0n) is 11.7. The molecule has 2 aromatic carbocycles. The van der Waals surface area contributed by atoms with E-state index < -0.39 is 0 Å². The van der Waals surface area contributed by atoms with Crippen molar-refractivity contribution in [3.05, 3.63) is 42.0 Å². The van der Waals surface area contributed by atoms with Gasteiger partial charge in [0.05, 0.1) is 12.7 Å². The minimum Gasteiger partial charge on any atom is -0.493 e. The van der Waals surface area contributed by atoms with Crippen LogP contribution >= 0.6 is 0 Å². The number of hydrogen-bond donors (Lipinski definition) is 1. The van der Waals surface area contributed by atoms with Gasteiger partial charge in [0.25, 0.3) is 0 Å². The SMILES string of the molecule is NCc1c(OCCC2CCCO2)ccc2ccccc12. The van der Waals surface area contributed by atoms with E-state index in [0.717, 1.165) is 30.8 Å². The average molecular weight is 271 g/mol. The molecule has 0 radical (unpaired) electrons. The Morgan fingerprint density at radius 1 is 1.20 bits per heavy atom. The van der Waals surface area contributed by atoms with Crippen LogP contribution in [0.2, 0.25) is 0 Å². The average Bonchev–Trinajstić information content (AvgIpc) is 3.00. The van der Waals surface area contributed by atoms with Gasteiger partial charge in [0.15, 0.2) is 0 Å². The Morgan fingerprint density at radius 3 is 2.90 bits per heavy atom. The van der Waals surface area contributed by atoms with Crippen molar-refractivity contribution in [1.29, 1.82) is 0 Å². The maximum Gasteiger partial charge on any atom is 0.124 e. The highest BCUT2D eigenvalue weighted by Crippen LogP contribution is 2.28. The van der Waals surface area contributed by atoms with Crippen LogP contribution < -0.4 is 10.5 Å². The molecule has 0 saturated carbocycles. The van der Waals surface area contributed by atoms with Crippen molar-refractivity contribution in [1.82, 2.24) is 0 Å². The lowest BCUT2D eigenvalue weighted by Crippen LogP contribution is -2.12. The van der Waals surface area contributed by atoms with E-state index in [1.807, 2.05) is 18.2 Å². The number of ether oxygens (including phenoxy) is 2. The van der Waals surface area contributed by atoms with E-state index in [0.29, 0.717) is 19.3 Å². The predicted octanol–water partition coefficient (Wildman–Crippen LogP) is 3.25. The van der Waals surface area contributed by atoms with E-state index in [4.69, 9.17) is 15.2 Å². The van der Waals surface area contributed by atoms with Crippen molar-refractivity contribution < 1.29 is 9.47 Å². The Balaban J connectivity index is 1.73. The van der Waals surface area contributed by atoms with E-state index in [1.165, 1.54) is 17.2 Å². The van der Waals surface area contributed by atoms with Crippen LogP contribution in [-0.2, 0) is 11.3 Å². The summed E-state index contributed by atoms with van der Waals surface area (Å²) < 4.78 is 11.6. The number of hydrogen-bond acceptors (Lipinski definition) is 3. The molecule has 20 heavy (non-hydrogen) atoms. The molecule has 3 nitrogen and oxygen atoms in total. The summed E-state index contributed by atoms with van der Waals surface area (Å²) >= 11 is 0. The van der Waals surface area contributed by atoms with E-state index in [1.54, 1.807) is 0 Å². The van der Waals surface area contributed by atoms with Gasteiger partial charge in [0.1, 0.15) is 5.75 Å². The van der Waals surface area contributed by atoms with Crippen molar-refractivity contribution in [2.45, 2.75) is 31.9 Å². The smallest absolute Gasteiger partial charge is 0.124 e. The topological polar surface area (TPSA) is 44.5 Å². The molecule has 1 fully saturated rings. The molecule has 1 atom stereocenters. The molecular formula is C17H21NO2.